The molecule has 1 aromatic carbocycles. The van der Waals surface area contributed by atoms with Crippen LogP contribution in [0.2, 0.25) is 0 Å². The molecule has 0 heterocycles. The Morgan fingerprint density at radius 1 is 1.07 bits per heavy atom. The van der Waals surface area contributed by atoms with Crippen LogP contribution >= 0.6 is 0 Å². The Kier molecular flexibility index (Phi) is 9.76. The van der Waals surface area contributed by atoms with E-state index < -0.39 is 0 Å². The molecule has 1 rings (SSSR count). The van der Waals surface area contributed by atoms with Crippen molar-refractivity contribution in [3.63, 3.8) is 0 Å². The van der Waals surface area contributed by atoms with Crippen molar-refractivity contribution >= 4 is 6.79 Å². The quantitative estimate of drug-likeness (QED) is 0.676. The molecule has 0 unspecified atom stereocenters. The Hall–Kier alpha value is -1.35. The highest BCUT2D eigenvalue weighted by molar-refractivity contribution is 5.20. The van der Waals surface area contributed by atoms with E-state index in [0.717, 1.165) is 31.8 Å². The van der Waals surface area contributed by atoms with E-state index in [9.17, 15) is 0 Å². The molecule has 0 atom stereocenters. The third-order valence-corrected chi connectivity index (χ3v) is 1.75. The second-order valence-electron chi connectivity index (χ2n) is 2.86. The molecule has 0 bridgehead atoms. The average molecular weight is 210 g/mol. The second kappa shape index (κ2) is 10.7. The van der Waals surface area contributed by atoms with E-state index in [-0.39, 0.29) is 0 Å². The molecule has 3 nitrogen and oxygen atoms in total. The first-order valence-electron chi connectivity index (χ1n) is 4.89. The van der Waals surface area contributed by atoms with Crippen molar-refractivity contribution in [2.24, 2.45) is 0 Å². The van der Waals surface area contributed by atoms with Gasteiger partial charge in [-0.15, -0.1) is 0 Å². The number of ether oxygens (including phenoxy) is 2. The molecule has 0 radical (unpaired) electrons. The van der Waals surface area contributed by atoms with Crippen LogP contribution < -0.4 is 4.74 Å². The standard InChI is InChI=1S/C11H16O2.CH2O/c1-12-9-5-6-10-13-11-7-3-2-4-8-11;1-2/h2-4,7-8H,5-6,9-10H2,1H3;1H2. The molecule has 3 heteroatoms. The lowest BCUT2D eigenvalue weighted by Crippen LogP contribution is -1.99. The van der Waals surface area contributed by atoms with E-state index in [1.54, 1.807) is 7.11 Å². The molecular weight excluding hydrogens is 192 g/mol. The Bertz CT molecular complexity index is 224. The Morgan fingerprint density at radius 2 is 1.67 bits per heavy atom. The van der Waals surface area contributed by atoms with Crippen molar-refractivity contribution in [2.75, 3.05) is 20.3 Å². The second-order valence-corrected chi connectivity index (χ2v) is 2.86. The Labute approximate surface area is 91.0 Å². The van der Waals surface area contributed by atoms with Crippen LogP contribution in [-0.2, 0) is 9.53 Å². The van der Waals surface area contributed by atoms with Crippen molar-refractivity contribution in [2.45, 2.75) is 12.8 Å². The molecule has 0 N–H and O–H groups in total. The van der Waals surface area contributed by atoms with Crippen molar-refractivity contribution in [1.82, 2.24) is 0 Å². The SMILES string of the molecule is C=O.COCCCCOc1ccccc1. The molecule has 0 aliphatic carbocycles. The van der Waals surface area contributed by atoms with Crippen LogP contribution in [0.4, 0.5) is 0 Å². The zero-order valence-corrected chi connectivity index (χ0v) is 9.15. The smallest absolute Gasteiger partial charge is 0.119 e. The van der Waals surface area contributed by atoms with Crippen molar-refractivity contribution in [3.05, 3.63) is 30.3 Å². The number of unbranched alkanes of at least 4 members (excludes halogenated alkanes) is 1. The summed E-state index contributed by atoms with van der Waals surface area (Å²) in [7, 11) is 1.72. The van der Waals surface area contributed by atoms with Gasteiger partial charge in [0.1, 0.15) is 12.5 Å². The predicted octanol–water partition coefficient (Wildman–Crippen LogP) is 2.31. The van der Waals surface area contributed by atoms with Crippen molar-refractivity contribution in [3.8, 4) is 5.75 Å². The van der Waals surface area contributed by atoms with E-state index in [4.69, 9.17) is 14.3 Å². The van der Waals surface area contributed by atoms with Crippen LogP contribution in [0.3, 0.4) is 0 Å². The molecule has 0 aliphatic heterocycles. The highest BCUT2D eigenvalue weighted by Crippen LogP contribution is 2.08. The number of rotatable bonds is 6. The molecule has 0 aromatic heterocycles. The molecule has 0 aliphatic rings. The molecule has 0 saturated carbocycles. The van der Waals surface area contributed by atoms with E-state index in [2.05, 4.69) is 0 Å². The molecule has 1 aromatic rings. The summed E-state index contributed by atoms with van der Waals surface area (Å²) in [6.45, 7) is 3.59. The van der Waals surface area contributed by atoms with Crippen LogP contribution in [0.5, 0.6) is 5.75 Å². The fraction of sp³-hybridized carbons (Fsp3) is 0.417. The summed E-state index contributed by atoms with van der Waals surface area (Å²) in [5.74, 6) is 0.944. The van der Waals surface area contributed by atoms with E-state index in [1.807, 2.05) is 37.1 Å². The summed E-state index contributed by atoms with van der Waals surface area (Å²) in [6, 6.07) is 9.87. The third kappa shape index (κ3) is 7.70. The van der Waals surface area contributed by atoms with E-state index in [1.165, 1.54) is 0 Å². The topological polar surface area (TPSA) is 35.5 Å². The fourth-order valence-electron chi connectivity index (χ4n) is 1.06. The van der Waals surface area contributed by atoms with Gasteiger partial charge in [-0.25, -0.2) is 0 Å². The first kappa shape index (κ1) is 13.7. The number of carbonyl (C=O) groups excluding carboxylic acids is 1. The number of carbonyl (C=O) groups is 1. The lowest BCUT2D eigenvalue weighted by Gasteiger charge is -2.04. The minimum atomic E-state index is 0.771. The zero-order valence-electron chi connectivity index (χ0n) is 9.15. The predicted molar refractivity (Wildman–Crippen MR) is 60.2 cm³/mol. The van der Waals surface area contributed by atoms with Crippen LogP contribution in [0.25, 0.3) is 0 Å². The summed E-state index contributed by atoms with van der Waals surface area (Å²) >= 11 is 0. The van der Waals surface area contributed by atoms with Gasteiger partial charge >= 0.3 is 0 Å². The van der Waals surface area contributed by atoms with Gasteiger partial charge < -0.3 is 14.3 Å². The number of hydrogen-bond acceptors (Lipinski definition) is 3. The number of methoxy groups -OCH3 is 1. The minimum Gasteiger partial charge on any atom is -0.494 e. The summed E-state index contributed by atoms with van der Waals surface area (Å²) in [5.41, 5.74) is 0. The molecule has 0 fully saturated rings. The highest BCUT2D eigenvalue weighted by atomic mass is 16.5. The van der Waals surface area contributed by atoms with Gasteiger partial charge in [0.05, 0.1) is 6.61 Å². The lowest BCUT2D eigenvalue weighted by molar-refractivity contribution is -0.0979. The lowest BCUT2D eigenvalue weighted by atomic mass is 10.3. The minimum absolute atomic E-state index is 0.771. The molecular formula is C12H18O3. The first-order valence-corrected chi connectivity index (χ1v) is 4.89. The van der Waals surface area contributed by atoms with Gasteiger partial charge in [0.25, 0.3) is 0 Å². The Balaban J connectivity index is 0.000000921. The monoisotopic (exact) mass is 210 g/mol. The Morgan fingerprint density at radius 3 is 2.27 bits per heavy atom. The van der Waals surface area contributed by atoms with Gasteiger partial charge in [0.2, 0.25) is 0 Å². The van der Waals surface area contributed by atoms with Gasteiger partial charge in [0, 0.05) is 13.7 Å². The van der Waals surface area contributed by atoms with Crippen LogP contribution in [0, 0.1) is 0 Å². The molecule has 0 amide bonds. The maximum Gasteiger partial charge on any atom is 0.119 e. The average Bonchev–Trinajstić information content (AvgIpc) is 2.33. The van der Waals surface area contributed by atoms with Gasteiger partial charge in [-0.2, -0.15) is 0 Å². The van der Waals surface area contributed by atoms with Gasteiger partial charge in [-0.1, -0.05) is 18.2 Å². The van der Waals surface area contributed by atoms with Crippen LogP contribution in [-0.4, -0.2) is 27.1 Å². The number of para-hydroxylation sites is 1. The summed E-state index contributed by atoms with van der Waals surface area (Å²) in [6.07, 6.45) is 2.10. The van der Waals surface area contributed by atoms with Gasteiger partial charge in [-0.3, -0.25) is 0 Å². The normalized spacial score (nSPS) is 8.87. The van der Waals surface area contributed by atoms with Crippen LogP contribution in [0.1, 0.15) is 12.8 Å². The fourth-order valence-corrected chi connectivity index (χ4v) is 1.06. The molecule has 0 spiro atoms. The summed E-state index contributed by atoms with van der Waals surface area (Å²) in [4.78, 5) is 8.00. The van der Waals surface area contributed by atoms with Crippen molar-refractivity contribution < 1.29 is 14.3 Å². The third-order valence-electron chi connectivity index (χ3n) is 1.75. The van der Waals surface area contributed by atoms with Crippen molar-refractivity contribution in [1.29, 1.82) is 0 Å². The van der Waals surface area contributed by atoms with E-state index in [0.29, 0.717) is 0 Å². The number of benzene rings is 1. The zero-order chi connectivity index (χ0) is 11.4. The number of hydrogen-bond donors (Lipinski definition) is 0. The maximum absolute atomic E-state index is 8.00. The molecule has 84 valence electrons. The molecule has 15 heavy (non-hydrogen) atoms. The van der Waals surface area contributed by atoms with Gasteiger partial charge in [-0.05, 0) is 25.0 Å². The van der Waals surface area contributed by atoms with Gasteiger partial charge in [0.15, 0.2) is 0 Å². The van der Waals surface area contributed by atoms with Crippen LogP contribution in [0.15, 0.2) is 30.3 Å². The highest BCUT2D eigenvalue weighted by Gasteiger charge is 1.91. The largest absolute Gasteiger partial charge is 0.494 e. The molecule has 0 saturated heterocycles. The maximum atomic E-state index is 8.00. The summed E-state index contributed by atoms with van der Waals surface area (Å²) < 4.78 is 10.4. The summed E-state index contributed by atoms with van der Waals surface area (Å²) in [5, 5.41) is 0. The van der Waals surface area contributed by atoms with E-state index >= 15 is 0 Å². The first-order chi connectivity index (χ1) is 7.43.